The molecule has 2 fully saturated rings. The highest BCUT2D eigenvalue weighted by atomic mass is 19.1. The molecule has 4 rings (SSSR count). The molecule has 0 unspecified atom stereocenters. The minimum Gasteiger partial charge on any atom is -0.346 e. The molecule has 2 saturated carbocycles. The maximum absolute atomic E-state index is 13.3. The highest BCUT2D eigenvalue weighted by Crippen LogP contribution is 2.26. The number of halogens is 2. The number of hydrogen-bond acceptors (Lipinski definition) is 9. The fourth-order valence-corrected chi connectivity index (χ4v) is 6.30. The van der Waals surface area contributed by atoms with E-state index in [0.29, 0.717) is 25.8 Å². The summed E-state index contributed by atoms with van der Waals surface area (Å²) in [6.45, 7) is 1.96. The topological polar surface area (TPSA) is 188 Å². The van der Waals surface area contributed by atoms with Gasteiger partial charge in [0.15, 0.2) is 11.6 Å². The summed E-state index contributed by atoms with van der Waals surface area (Å²) in [6.07, 6.45) is 16.6. The molecule has 13 nitrogen and oxygen atoms in total. The van der Waals surface area contributed by atoms with Gasteiger partial charge in [-0.1, -0.05) is 51.9 Å². The van der Waals surface area contributed by atoms with Crippen LogP contribution in [0.3, 0.4) is 0 Å². The monoisotopic (exact) mass is 703 g/mol. The Morgan fingerprint density at radius 2 is 1.14 bits per heavy atom. The zero-order valence-electron chi connectivity index (χ0n) is 28.9. The van der Waals surface area contributed by atoms with Crippen molar-refractivity contribution in [3.8, 4) is 0 Å². The Morgan fingerprint density at radius 1 is 0.740 bits per heavy atom. The van der Waals surface area contributed by atoms with E-state index in [2.05, 4.69) is 27.5 Å². The third-order valence-electron chi connectivity index (χ3n) is 9.28. The molecular weight excluding hydrogens is 652 g/mol. The van der Waals surface area contributed by atoms with Crippen molar-refractivity contribution in [2.24, 2.45) is 17.6 Å². The first-order valence-electron chi connectivity index (χ1n) is 17.8. The van der Waals surface area contributed by atoms with Gasteiger partial charge in [-0.3, -0.25) is 37.9 Å². The number of nitrogens with zero attached hydrogens (tertiary/aromatic N) is 4. The molecule has 2 aliphatic carbocycles. The normalized spacial score (nSPS) is 15.9. The number of nitrogens with one attached hydrogen (secondary N) is 2. The third-order valence-corrected chi connectivity index (χ3v) is 9.28. The number of carbonyl (C=O) groups excluding carboxylic acids is 4. The van der Waals surface area contributed by atoms with E-state index in [4.69, 9.17) is 5.73 Å². The maximum atomic E-state index is 13.3. The van der Waals surface area contributed by atoms with E-state index in [1.165, 1.54) is 0 Å². The van der Waals surface area contributed by atoms with Crippen LogP contribution in [0.5, 0.6) is 0 Å². The van der Waals surface area contributed by atoms with Crippen LogP contribution in [0, 0.1) is 23.5 Å². The Bertz CT molecular complexity index is 1420. The molecule has 0 aliphatic heterocycles. The number of Topliss-reactive ketones (excluding diaryl/α,β-unsaturated/α-hetero) is 2. The van der Waals surface area contributed by atoms with Crippen LogP contribution in [0.4, 0.5) is 8.78 Å². The van der Waals surface area contributed by atoms with Gasteiger partial charge < -0.3 is 16.4 Å². The van der Waals surface area contributed by atoms with Crippen LogP contribution in [0.2, 0.25) is 0 Å². The zero-order valence-corrected chi connectivity index (χ0v) is 28.9. The van der Waals surface area contributed by atoms with E-state index in [1.54, 1.807) is 0 Å². The average molecular weight is 704 g/mol. The van der Waals surface area contributed by atoms with E-state index >= 15 is 0 Å². The summed E-state index contributed by atoms with van der Waals surface area (Å²) in [5.41, 5.74) is 3.71. The van der Waals surface area contributed by atoms with Crippen molar-refractivity contribution in [1.29, 1.82) is 0 Å². The maximum Gasteiger partial charge on any atom is 0.289 e. The summed E-state index contributed by atoms with van der Waals surface area (Å²) in [5, 5.41) is 5.67. The number of amides is 2. The van der Waals surface area contributed by atoms with Crippen LogP contribution in [0.15, 0.2) is 34.6 Å². The zero-order chi connectivity index (χ0) is 36.5. The van der Waals surface area contributed by atoms with Gasteiger partial charge in [0.1, 0.15) is 0 Å². The minimum absolute atomic E-state index is 0.0277. The Balaban J connectivity index is 0.000000270. The molecule has 2 aromatic heterocycles. The first-order valence-corrected chi connectivity index (χ1v) is 17.8. The van der Waals surface area contributed by atoms with Crippen molar-refractivity contribution in [2.45, 2.75) is 128 Å². The summed E-state index contributed by atoms with van der Waals surface area (Å²) in [4.78, 5) is 80.5. The molecule has 2 heterocycles. The van der Waals surface area contributed by atoms with Crippen LogP contribution in [-0.2, 0) is 32.3 Å². The van der Waals surface area contributed by atoms with Gasteiger partial charge in [0, 0.05) is 11.8 Å². The summed E-state index contributed by atoms with van der Waals surface area (Å²) in [5.74, 6) is -2.92. The highest BCUT2D eigenvalue weighted by Gasteiger charge is 2.29. The molecule has 276 valence electrons. The van der Waals surface area contributed by atoms with Crippen molar-refractivity contribution in [3.05, 3.63) is 57.4 Å². The number of unbranched alkanes of at least 4 members (excludes halogenated alkanes) is 3. The molecule has 0 aromatic carbocycles. The van der Waals surface area contributed by atoms with Crippen LogP contribution in [-0.4, -0.2) is 61.1 Å². The molecule has 2 aliphatic rings. The second-order valence-electron chi connectivity index (χ2n) is 13.1. The van der Waals surface area contributed by atoms with Gasteiger partial charge in [-0.25, -0.2) is 9.97 Å². The predicted molar refractivity (Wildman–Crippen MR) is 182 cm³/mol. The van der Waals surface area contributed by atoms with Gasteiger partial charge in [0.05, 0.1) is 50.2 Å². The number of aromatic nitrogens is 4. The number of carbonyl (C=O) groups is 4. The van der Waals surface area contributed by atoms with Crippen molar-refractivity contribution < 1.29 is 28.0 Å². The smallest absolute Gasteiger partial charge is 0.289 e. The van der Waals surface area contributed by atoms with Gasteiger partial charge in [0.25, 0.3) is 11.1 Å². The fraction of sp³-hybridized carbons (Fsp3) is 0.657. The molecule has 0 radical (unpaired) electrons. The van der Waals surface area contributed by atoms with Crippen molar-refractivity contribution in [3.63, 3.8) is 0 Å². The molecule has 0 saturated heterocycles. The second kappa shape index (κ2) is 21.2. The van der Waals surface area contributed by atoms with Crippen molar-refractivity contribution in [1.82, 2.24) is 29.7 Å². The SMILES string of the molecule is CCCCC[C@H](NC(=O)C1CCCC1)C(=O)Cn1cncc(F)c1=O.NCCCC[C@H](NC(=O)C1CCCC1)C(=O)Cn1cncc(F)c1=O. The number of rotatable bonds is 18. The van der Waals surface area contributed by atoms with E-state index in [9.17, 15) is 37.5 Å². The third kappa shape index (κ3) is 12.6. The number of hydrogen-bond donors (Lipinski definition) is 3. The van der Waals surface area contributed by atoms with Gasteiger partial charge in [-0.2, -0.15) is 8.78 Å². The van der Waals surface area contributed by atoms with Crippen LogP contribution >= 0.6 is 0 Å². The lowest BCUT2D eigenvalue weighted by Crippen LogP contribution is -2.45. The predicted octanol–water partition coefficient (Wildman–Crippen LogP) is 2.96. The van der Waals surface area contributed by atoms with Crippen LogP contribution in [0.25, 0.3) is 0 Å². The minimum atomic E-state index is -1.01. The lowest BCUT2D eigenvalue weighted by molar-refractivity contribution is -0.130. The van der Waals surface area contributed by atoms with E-state index in [-0.39, 0.29) is 48.3 Å². The van der Waals surface area contributed by atoms with Gasteiger partial charge in [0.2, 0.25) is 23.4 Å². The molecule has 0 bridgehead atoms. The average Bonchev–Trinajstić information content (AvgIpc) is 3.84. The van der Waals surface area contributed by atoms with Crippen molar-refractivity contribution >= 4 is 23.4 Å². The summed E-state index contributed by atoms with van der Waals surface area (Å²) in [6, 6.07) is -1.34. The molecule has 2 atom stereocenters. The molecule has 2 aromatic rings. The van der Waals surface area contributed by atoms with E-state index < -0.39 is 34.8 Å². The lowest BCUT2D eigenvalue weighted by atomic mass is 10.0. The van der Waals surface area contributed by atoms with E-state index in [1.807, 2.05) is 0 Å². The molecule has 4 N–H and O–H groups in total. The van der Waals surface area contributed by atoms with Gasteiger partial charge in [-0.15, -0.1) is 0 Å². The Labute approximate surface area is 290 Å². The van der Waals surface area contributed by atoms with Crippen molar-refractivity contribution in [2.75, 3.05) is 6.54 Å². The van der Waals surface area contributed by atoms with E-state index in [0.717, 1.165) is 111 Å². The Kier molecular flexibility index (Phi) is 17.1. The first-order chi connectivity index (χ1) is 24.0. The molecule has 0 spiro atoms. The summed E-state index contributed by atoms with van der Waals surface area (Å²) >= 11 is 0. The quantitative estimate of drug-likeness (QED) is 0.196. The molecule has 2 amide bonds. The largest absolute Gasteiger partial charge is 0.346 e. The number of nitrogens with two attached hydrogens (primary N) is 1. The lowest BCUT2D eigenvalue weighted by Gasteiger charge is -2.20. The number of ketones is 2. The van der Waals surface area contributed by atoms with Crippen LogP contribution in [0.1, 0.15) is 103 Å². The summed E-state index contributed by atoms with van der Waals surface area (Å²) in [7, 11) is 0. The Morgan fingerprint density at radius 3 is 1.52 bits per heavy atom. The molecule has 50 heavy (non-hydrogen) atoms. The molecule has 15 heteroatoms. The summed E-state index contributed by atoms with van der Waals surface area (Å²) < 4.78 is 28.5. The van der Waals surface area contributed by atoms with Gasteiger partial charge >= 0.3 is 0 Å². The standard InChI is InChI=1S/C18H26FN3O3.C17H25FN4O3/c1-2-3-4-9-15(21-17(24)13-7-5-6-8-13)16(23)11-22-12-20-10-14(19)18(22)25;18-13-9-20-11-22(17(13)25)10-15(23)14(7-3-4-8-19)21-16(24)12-5-1-2-6-12/h10,12-13,15H,2-9,11H2,1H3,(H,21,24);9,11-12,14H,1-8,10,19H2,(H,21,24)/t15-;14-/m00/s1. The highest BCUT2D eigenvalue weighted by molar-refractivity contribution is 5.90. The van der Waals surface area contributed by atoms with Gasteiger partial charge in [-0.05, 0) is 57.9 Å². The van der Waals surface area contributed by atoms with Crippen LogP contribution < -0.4 is 27.5 Å². The Hall–Kier alpha value is -4.14. The fourth-order valence-electron chi connectivity index (χ4n) is 6.30. The first kappa shape index (κ1) is 40.3. The molecular formula is C35H51F2N7O6. The second-order valence-corrected chi connectivity index (χ2v) is 13.1.